The van der Waals surface area contributed by atoms with Gasteiger partial charge >= 0.3 is 0 Å². The van der Waals surface area contributed by atoms with Gasteiger partial charge in [-0.25, -0.2) is 4.98 Å². The molecule has 4 heteroatoms. The first-order valence-corrected chi connectivity index (χ1v) is 6.17. The molecule has 0 aromatic carbocycles. The van der Waals surface area contributed by atoms with Gasteiger partial charge in [-0.2, -0.15) is 0 Å². The molecule has 0 radical (unpaired) electrons. The van der Waals surface area contributed by atoms with Crippen LogP contribution < -0.4 is 5.73 Å². The number of pyridine rings is 1. The Hall–Kier alpha value is -1.35. The van der Waals surface area contributed by atoms with Crippen LogP contribution in [-0.2, 0) is 6.54 Å². The normalized spacial score (nSPS) is 16.6. The van der Waals surface area contributed by atoms with Crippen LogP contribution in [0, 0.1) is 5.92 Å². The van der Waals surface area contributed by atoms with Crippen LogP contribution >= 0.6 is 11.6 Å². The van der Waals surface area contributed by atoms with E-state index in [4.69, 9.17) is 17.3 Å². The molecule has 3 nitrogen and oxygen atoms in total. The van der Waals surface area contributed by atoms with Crippen LogP contribution in [0.25, 0.3) is 0 Å². The molecule has 0 saturated heterocycles. The molecule has 1 aliphatic carbocycles. The van der Waals surface area contributed by atoms with E-state index in [9.17, 15) is 0 Å². The Morgan fingerprint density at radius 3 is 3.06 bits per heavy atom. The van der Waals surface area contributed by atoms with E-state index in [1.54, 1.807) is 12.4 Å². The molecular weight excluding hydrogens is 234 g/mol. The largest absolute Gasteiger partial charge is 0.404 e. The molecule has 0 aliphatic heterocycles. The van der Waals surface area contributed by atoms with Crippen LogP contribution in [0.1, 0.15) is 24.8 Å². The highest BCUT2D eigenvalue weighted by molar-refractivity contribution is 6.30. The van der Waals surface area contributed by atoms with E-state index < -0.39 is 0 Å². The summed E-state index contributed by atoms with van der Waals surface area (Å²) in [7, 11) is 0. The zero-order chi connectivity index (χ0) is 12.1. The van der Waals surface area contributed by atoms with Crippen LogP contribution in [0.15, 0.2) is 35.1 Å². The highest BCUT2D eigenvalue weighted by atomic mass is 35.5. The van der Waals surface area contributed by atoms with Crippen molar-refractivity contribution in [1.82, 2.24) is 4.98 Å². The molecule has 1 aromatic heterocycles. The molecule has 1 saturated carbocycles. The van der Waals surface area contributed by atoms with E-state index in [1.807, 2.05) is 18.3 Å². The van der Waals surface area contributed by atoms with Gasteiger partial charge in [0.15, 0.2) is 0 Å². The second kappa shape index (κ2) is 5.82. The summed E-state index contributed by atoms with van der Waals surface area (Å²) in [6, 6.07) is 3.79. The van der Waals surface area contributed by atoms with E-state index in [0.717, 1.165) is 23.5 Å². The Morgan fingerprint density at radius 1 is 1.59 bits per heavy atom. The molecule has 90 valence electrons. The van der Waals surface area contributed by atoms with Crippen LogP contribution in [-0.4, -0.2) is 11.2 Å². The van der Waals surface area contributed by atoms with Crippen molar-refractivity contribution in [2.75, 3.05) is 0 Å². The van der Waals surface area contributed by atoms with E-state index in [0.29, 0.717) is 11.7 Å². The number of aliphatic imine (C=N–C) groups is 1. The molecular formula is C13H16ClN3. The van der Waals surface area contributed by atoms with E-state index in [-0.39, 0.29) is 0 Å². The summed E-state index contributed by atoms with van der Waals surface area (Å²) in [5, 5.41) is 0.519. The Balaban J connectivity index is 1.89. The first kappa shape index (κ1) is 12.1. The van der Waals surface area contributed by atoms with Gasteiger partial charge in [0.05, 0.1) is 6.54 Å². The van der Waals surface area contributed by atoms with Gasteiger partial charge in [0.1, 0.15) is 5.15 Å². The number of allylic oxidation sites excluding steroid dienone is 1. The van der Waals surface area contributed by atoms with Crippen molar-refractivity contribution >= 4 is 17.8 Å². The zero-order valence-electron chi connectivity index (χ0n) is 9.64. The monoisotopic (exact) mass is 249 g/mol. The predicted octanol–water partition coefficient (Wildman–Crippen LogP) is 2.95. The summed E-state index contributed by atoms with van der Waals surface area (Å²) in [4.78, 5) is 8.36. The van der Waals surface area contributed by atoms with Crippen LogP contribution in [0.4, 0.5) is 0 Å². The quantitative estimate of drug-likeness (QED) is 0.644. The van der Waals surface area contributed by atoms with Gasteiger partial charge in [-0.1, -0.05) is 17.7 Å². The fourth-order valence-electron chi connectivity index (χ4n) is 1.62. The van der Waals surface area contributed by atoms with Gasteiger partial charge in [0.25, 0.3) is 0 Å². The average Bonchev–Trinajstić information content (AvgIpc) is 3.14. The van der Waals surface area contributed by atoms with Crippen molar-refractivity contribution in [2.24, 2.45) is 16.6 Å². The second-order valence-electron chi connectivity index (χ2n) is 4.31. The van der Waals surface area contributed by atoms with Crippen molar-refractivity contribution in [3.8, 4) is 0 Å². The van der Waals surface area contributed by atoms with Gasteiger partial charge in [-0.15, -0.1) is 0 Å². The minimum atomic E-state index is 0.519. The van der Waals surface area contributed by atoms with Crippen LogP contribution in [0.3, 0.4) is 0 Å². The zero-order valence-corrected chi connectivity index (χ0v) is 10.4. The van der Waals surface area contributed by atoms with Crippen molar-refractivity contribution < 1.29 is 0 Å². The van der Waals surface area contributed by atoms with Crippen LogP contribution in [0.2, 0.25) is 5.15 Å². The number of nitrogens with two attached hydrogens (primary N) is 1. The van der Waals surface area contributed by atoms with Crippen molar-refractivity contribution in [3.05, 3.63) is 40.8 Å². The lowest BCUT2D eigenvalue weighted by molar-refractivity contribution is 0.843. The fraction of sp³-hybridized carbons (Fsp3) is 0.385. The van der Waals surface area contributed by atoms with Crippen LogP contribution in [0.5, 0.6) is 0 Å². The fourth-order valence-corrected chi connectivity index (χ4v) is 1.80. The Labute approximate surface area is 106 Å². The predicted molar refractivity (Wildman–Crippen MR) is 71.1 cm³/mol. The van der Waals surface area contributed by atoms with Crippen molar-refractivity contribution in [3.63, 3.8) is 0 Å². The van der Waals surface area contributed by atoms with Gasteiger partial charge in [-0.05, 0) is 43.0 Å². The first-order chi connectivity index (χ1) is 8.29. The summed E-state index contributed by atoms with van der Waals surface area (Å²) in [5.74, 6) is 0.818. The first-order valence-electron chi connectivity index (χ1n) is 5.79. The third-order valence-electron chi connectivity index (χ3n) is 2.79. The molecule has 17 heavy (non-hydrogen) atoms. The standard InChI is InChI=1S/C13H16ClN3/c14-13-12(2-1-5-17-13)9-16-8-11(7-15)6-10-3-4-10/h1-2,5,7-8,10H,3-4,6,9,15H2. The van der Waals surface area contributed by atoms with E-state index in [2.05, 4.69) is 9.98 Å². The smallest absolute Gasteiger partial charge is 0.134 e. The SMILES string of the molecule is NC=C(C=NCc1cccnc1Cl)CC1CC1. The molecule has 1 aromatic rings. The molecule has 0 spiro atoms. The molecule has 1 fully saturated rings. The molecule has 2 rings (SSSR count). The third-order valence-corrected chi connectivity index (χ3v) is 3.13. The Bertz CT molecular complexity index is 436. The lowest BCUT2D eigenvalue weighted by atomic mass is 10.1. The minimum Gasteiger partial charge on any atom is -0.404 e. The molecule has 0 atom stereocenters. The van der Waals surface area contributed by atoms with Gasteiger partial charge in [0.2, 0.25) is 0 Å². The number of aromatic nitrogens is 1. The van der Waals surface area contributed by atoms with Gasteiger partial charge in [-0.3, -0.25) is 4.99 Å². The van der Waals surface area contributed by atoms with Crippen molar-refractivity contribution in [1.29, 1.82) is 0 Å². The highest BCUT2D eigenvalue weighted by Gasteiger charge is 2.21. The minimum absolute atomic E-state index is 0.519. The maximum absolute atomic E-state index is 5.94. The third kappa shape index (κ3) is 3.86. The maximum Gasteiger partial charge on any atom is 0.134 e. The highest BCUT2D eigenvalue weighted by Crippen LogP contribution is 2.34. The molecule has 0 amide bonds. The second-order valence-corrected chi connectivity index (χ2v) is 4.67. The summed E-state index contributed by atoms with van der Waals surface area (Å²) in [5.41, 5.74) is 7.61. The summed E-state index contributed by atoms with van der Waals surface area (Å²) < 4.78 is 0. The number of rotatable bonds is 5. The molecule has 0 bridgehead atoms. The Morgan fingerprint density at radius 2 is 2.41 bits per heavy atom. The number of nitrogens with zero attached hydrogens (tertiary/aromatic N) is 2. The number of hydrogen-bond acceptors (Lipinski definition) is 3. The van der Waals surface area contributed by atoms with E-state index in [1.165, 1.54) is 12.8 Å². The summed E-state index contributed by atoms with van der Waals surface area (Å²) in [6.07, 6.45) is 8.85. The Kier molecular flexibility index (Phi) is 4.15. The molecule has 2 N–H and O–H groups in total. The lowest BCUT2D eigenvalue weighted by Gasteiger charge is -2.00. The summed E-state index contributed by atoms with van der Waals surface area (Å²) in [6.45, 7) is 0.550. The lowest BCUT2D eigenvalue weighted by Crippen LogP contribution is -1.94. The molecule has 1 heterocycles. The summed E-state index contributed by atoms with van der Waals surface area (Å²) >= 11 is 5.94. The number of hydrogen-bond donors (Lipinski definition) is 1. The van der Waals surface area contributed by atoms with Gasteiger partial charge < -0.3 is 5.73 Å². The van der Waals surface area contributed by atoms with Gasteiger partial charge in [0, 0.05) is 18.0 Å². The maximum atomic E-state index is 5.94. The van der Waals surface area contributed by atoms with E-state index >= 15 is 0 Å². The topological polar surface area (TPSA) is 51.3 Å². The average molecular weight is 250 g/mol. The number of halogens is 1. The van der Waals surface area contributed by atoms with Crippen molar-refractivity contribution in [2.45, 2.75) is 25.8 Å². The molecule has 0 unspecified atom stereocenters. The molecule has 1 aliphatic rings.